The predicted molar refractivity (Wildman–Crippen MR) is 106 cm³/mol. The maximum absolute atomic E-state index is 12.0. The molecule has 8 heteroatoms. The second kappa shape index (κ2) is 7.40. The van der Waals surface area contributed by atoms with Crippen molar-refractivity contribution in [2.75, 3.05) is 0 Å². The highest BCUT2D eigenvalue weighted by Crippen LogP contribution is 2.31. The van der Waals surface area contributed by atoms with Crippen LogP contribution in [-0.2, 0) is 12.3 Å². The number of rotatable bonds is 6. The van der Waals surface area contributed by atoms with Gasteiger partial charge in [-0.05, 0) is 36.8 Å². The molecule has 0 unspecified atom stereocenters. The van der Waals surface area contributed by atoms with Crippen LogP contribution in [-0.4, -0.2) is 19.9 Å². The molecule has 0 atom stereocenters. The van der Waals surface area contributed by atoms with Crippen molar-refractivity contribution in [3.8, 4) is 17.3 Å². The van der Waals surface area contributed by atoms with Crippen molar-refractivity contribution < 1.29 is 13.9 Å². The van der Waals surface area contributed by atoms with Crippen LogP contribution in [0.15, 0.2) is 68.0 Å². The predicted octanol–water partition coefficient (Wildman–Crippen LogP) is 4.14. The molecule has 142 valence electrons. The van der Waals surface area contributed by atoms with Gasteiger partial charge in [-0.2, -0.15) is 0 Å². The van der Waals surface area contributed by atoms with E-state index in [1.165, 1.54) is 17.8 Å². The molecular formula is C20H17N3O4S. The second-order valence-corrected chi connectivity index (χ2v) is 7.09. The summed E-state index contributed by atoms with van der Waals surface area (Å²) >= 11 is 1.45. The third kappa shape index (κ3) is 3.22. The van der Waals surface area contributed by atoms with Gasteiger partial charge in [0.15, 0.2) is 10.9 Å². The number of furan rings is 1. The van der Waals surface area contributed by atoms with Gasteiger partial charge in [0.2, 0.25) is 5.82 Å². The Hall–Kier alpha value is -3.26. The van der Waals surface area contributed by atoms with Gasteiger partial charge in [-0.3, -0.25) is 4.57 Å². The molecule has 0 bridgehead atoms. The molecule has 0 fully saturated rings. The van der Waals surface area contributed by atoms with Gasteiger partial charge in [-0.15, -0.1) is 16.8 Å². The number of aryl methyl sites for hydroxylation is 1. The minimum atomic E-state index is -0.458. The SMILES string of the molecule is C=CCn1c(SCc2cc(=O)oc3c(C)c(O)ccc23)nnc1-c1ccco1. The molecule has 3 aromatic heterocycles. The molecule has 0 aliphatic carbocycles. The van der Waals surface area contributed by atoms with Crippen LogP contribution in [0.25, 0.3) is 22.6 Å². The van der Waals surface area contributed by atoms with E-state index >= 15 is 0 Å². The number of fused-ring (bicyclic) bond motifs is 1. The maximum atomic E-state index is 12.0. The molecule has 0 aliphatic rings. The summed E-state index contributed by atoms with van der Waals surface area (Å²) in [4.78, 5) is 12.0. The van der Waals surface area contributed by atoms with Crippen molar-refractivity contribution in [2.24, 2.45) is 0 Å². The average Bonchev–Trinajstić information content (AvgIpc) is 3.33. The minimum Gasteiger partial charge on any atom is -0.508 e. The van der Waals surface area contributed by atoms with E-state index in [9.17, 15) is 9.90 Å². The van der Waals surface area contributed by atoms with Crippen LogP contribution >= 0.6 is 11.8 Å². The summed E-state index contributed by atoms with van der Waals surface area (Å²) < 4.78 is 12.6. The highest BCUT2D eigenvalue weighted by Gasteiger charge is 2.17. The first kappa shape index (κ1) is 18.1. The lowest BCUT2D eigenvalue weighted by atomic mass is 10.1. The molecule has 3 heterocycles. The van der Waals surface area contributed by atoms with Crippen LogP contribution in [0.3, 0.4) is 0 Å². The van der Waals surface area contributed by atoms with Crippen molar-refractivity contribution in [2.45, 2.75) is 24.4 Å². The lowest BCUT2D eigenvalue weighted by molar-refractivity contribution is 0.468. The van der Waals surface area contributed by atoms with Crippen LogP contribution < -0.4 is 5.63 Å². The lowest BCUT2D eigenvalue weighted by Crippen LogP contribution is -2.02. The minimum absolute atomic E-state index is 0.0919. The Kier molecular flexibility index (Phi) is 4.79. The quantitative estimate of drug-likeness (QED) is 0.298. The molecule has 4 aromatic rings. The summed E-state index contributed by atoms with van der Waals surface area (Å²) in [5.41, 5.74) is 1.27. The molecular weight excluding hydrogens is 378 g/mol. The van der Waals surface area contributed by atoms with Crippen molar-refractivity contribution >= 4 is 22.7 Å². The van der Waals surface area contributed by atoms with Gasteiger partial charge < -0.3 is 13.9 Å². The molecule has 0 spiro atoms. The molecule has 0 saturated heterocycles. The molecule has 7 nitrogen and oxygen atoms in total. The van der Waals surface area contributed by atoms with E-state index < -0.39 is 5.63 Å². The summed E-state index contributed by atoms with van der Waals surface area (Å²) in [6.45, 7) is 6.03. The Labute approximate surface area is 164 Å². The van der Waals surface area contributed by atoms with Crippen molar-refractivity contribution in [1.82, 2.24) is 14.8 Å². The highest BCUT2D eigenvalue weighted by atomic mass is 32.2. The number of phenolic OH excluding ortho intramolecular Hbond substituents is 1. The van der Waals surface area contributed by atoms with Gasteiger partial charge in [0, 0.05) is 29.3 Å². The van der Waals surface area contributed by atoms with Gasteiger partial charge in [-0.1, -0.05) is 17.8 Å². The monoisotopic (exact) mass is 395 g/mol. The van der Waals surface area contributed by atoms with E-state index in [-0.39, 0.29) is 5.75 Å². The summed E-state index contributed by atoms with van der Waals surface area (Å²) in [6, 6.07) is 8.43. The van der Waals surface area contributed by atoms with E-state index in [0.29, 0.717) is 40.2 Å². The first-order valence-electron chi connectivity index (χ1n) is 8.54. The van der Waals surface area contributed by atoms with E-state index in [4.69, 9.17) is 8.83 Å². The smallest absolute Gasteiger partial charge is 0.336 e. The summed E-state index contributed by atoms with van der Waals surface area (Å²) in [5.74, 6) is 1.82. The molecule has 1 N–H and O–H groups in total. The number of hydrogen-bond donors (Lipinski definition) is 1. The van der Waals surface area contributed by atoms with E-state index in [0.717, 1.165) is 10.9 Å². The number of allylic oxidation sites excluding steroid dienone is 1. The summed E-state index contributed by atoms with van der Waals surface area (Å²) in [5, 5.41) is 19.9. The fraction of sp³-hybridized carbons (Fsp3) is 0.150. The fourth-order valence-electron chi connectivity index (χ4n) is 2.95. The molecule has 0 radical (unpaired) electrons. The zero-order chi connectivity index (χ0) is 19.7. The van der Waals surface area contributed by atoms with Crippen LogP contribution in [0, 0.1) is 6.92 Å². The van der Waals surface area contributed by atoms with Crippen molar-refractivity contribution in [3.05, 3.63) is 70.8 Å². The molecule has 4 rings (SSSR count). The van der Waals surface area contributed by atoms with Crippen molar-refractivity contribution in [3.63, 3.8) is 0 Å². The lowest BCUT2D eigenvalue weighted by Gasteiger charge is -2.09. The van der Waals surface area contributed by atoms with E-state index in [1.54, 1.807) is 37.5 Å². The molecule has 28 heavy (non-hydrogen) atoms. The Balaban J connectivity index is 1.70. The van der Waals surface area contributed by atoms with Crippen LogP contribution in [0.5, 0.6) is 5.75 Å². The van der Waals surface area contributed by atoms with Gasteiger partial charge in [-0.25, -0.2) is 4.79 Å². The Bertz CT molecular complexity index is 1210. The number of aromatic nitrogens is 3. The van der Waals surface area contributed by atoms with Gasteiger partial charge in [0.1, 0.15) is 11.3 Å². The molecule has 0 aliphatic heterocycles. The average molecular weight is 395 g/mol. The first-order chi connectivity index (χ1) is 13.6. The fourth-order valence-corrected chi connectivity index (χ4v) is 3.89. The van der Waals surface area contributed by atoms with Crippen LogP contribution in [0.2, 0.25) is 0 Å². The van der Waals surface area contributed by atoms with E-state index in [2.05, 4.69) is 16.8 Å². The van der Waals surface area contributed by atoms with Gasteiger partial charge in [0.05, 0.1) is 6.26 Å². The Morgan fingerprint density at radius 2 is 2.18 bits per heavy atom. The molecule has 0 amide bonds. The number of phenols is 1. The molecule has 1 aromatic carbocycles. The number of hydrogen-bond acceptors (Lipinski definition) is 7. The largest absolute Gasteiger partial charge is 0.508 e. The normalized spacial score (nSPS) is 11.2. The zero-order valence-corrected chi connectivity index (χ0v) is 15.9. The number of nitrogens with zero attached hydrogens (tertiary/aromatic N) is 3. The van der Waals surface area contributed by atoms with Crippen LogP contribution in [0.1, 0.15) is 11.1 Å². The number of aromatic hydroxyl groups is 1. The zero-order valence-electron chi connectivity index (χ0n) is 15.1. The third-order valence-electron chi connectivity index (χ3n) is 4.34. The standard InChI is InChI=1S/C20H17N3O4S/c1-3-8-23-19(16-5-4-9-26-16)21-22-20(23)28-11-13-10-17(25)27-18-12(2)15(24)7-6-14(13)18/h3-7,9-10,24H,1,8,11H2,2H3. The van der Waals surface area contributed by atoms with E-state index in [1.807, 2.05) is 10.6 Å². The topological polar surface area (TPSA) is 94.3 Å². The first-order valence-corrected chi connectivity index (χ1v) is 9.53. The number of thioether (sulfide) groups is 1. The number of benzene rings is 1. The molecule has 0 saturated carbocycles. The third-order valence-corrected chi connectivity index (χ3v) is 5.36. The van der Waals surface area contributed by atoms with Crippen molar-refractivity contribution in [1.29, 1.82) is 0 Å². The van der Waals surface area contributed by atoms with Crippen LogP contribution in [0.4, 0.5) is 0 Å². The Morgan fingerprint density at radius 1 is 1.32 bits per heavy atom. The highest BCUT2D eigenvalue weighted by molar-refractivity contribution is 7.98. The van der Waals surface area contributed by atoms with Gasteiger partial charge >= 0.3 is 5.63 Å². The summed E-state index contributed by atoms with van der Waals surface area (Å²) in [6.07, 6.45) is 3.35. The Morgan fingerprint density at radius 3 is 2.93 bits per heavy atom. The second-order valence-electron chi connectivity index (χ2n) is 6.15. The van der Waals surface area contributed by atoms with Gasteiger partial charge in [0.25, 0.3) is 0 Å². The maximum Gasteiger partial charge on any atom is 0.336 e. The summed E-state index contributed by atoms with van der Waals surface area (Å²) in [7, 11) is 0.